The largest absolute Gasteiger partial charge is 0.310 e. The van der Waals surface area contributed by atoms with Gasteiger partial charge in [0, 0.05) is 33.3 Å². The maximum atomic E-state index is 2.53. The molecule has 1 aliphatic heterocycles. The fourth-order valence-corrected chi connectivity index (χ4v) is 19.1. The Morgan fingerprint density at radius 1 is 0.282 bits per heavy atom. The van der Waals surface area contributed by atoms with Gasteiger partial charge in [-0.2, -0.15) is 0 Å². The lowest BCUT2D eigenvalue weighted by Gasteiger charge is -2.31. The van der Waals surface area contributed by atoms with Crippen molar-refractivity contribution in [2.75, 3.05) is 4.90 Å². The van der Waals surface area contributed by atoms with Gasteiger partial charge < -0.3 is 4.90 Å². The Hall–Kier alpha value is -7.78. The third-order valence-electron chi connectivity index (χ3n) is 17.4. The van der Waals surface area contributed by atoms with E-state index in [4.69, 9.17) is 0 Å². The molecule has 10 aromatic rings. The van der Waals surface area contributed by atoms with E-state index in [2.05, 4.69) is 271 Å². The molecule has 4 aliphatic rings. The lowest BCUT2D eigenvalue weighted by atomic mass is 9.81. The summed E-state index contributed by atoms with van der Waals surface area (Å²) in [6.07, 6.45) is 0. The molecule has 71 heavy (non-hydrogen) atoms. The average molecular weight is 926 g/mol. The van der Waals surface area contributed by atoms with Crippen LogP contribution in [0.25, 0.3) is 55.6 Å². The van der Waals surface area contributed by atoms with Crippen molar-refractivity contribution in [1.29, 1.82) is 0 Å². The SMILES string of the molecule is CC1(C)c2ccccc2-c2ccc(N(c3ccc4c(c3)C(C)(C)c3ccccc3-4)c3ccc4c(c3)C(C)(C)c3cc(-c5cccc6c5-c5ccccc5[Si]6(c5ccccc5)c5ccccc5)ccc3-4)cc21. The molecule has 0 saturated heterocycles. The zero-order valence-electron chi connectivity index (χ0n) is 41.3. The summed E-state index contributed by atoms with van der Waals surface area (Å²) in [5.41, 5.74) is 24.6. The van der Waals surface area contributed by atoms with E-state index >= 15 is 0 Å². The summed E-state index contributed by atoms with van der Waals surface area (Å²) in [6, 6.07) is 86.0. The smallest absolute Gasteiger partial charge is 0.180 e. The van der Waals surface area contributed by atoms with Crippen molar-refractivity contribution < 1.29 is 0 Å². The first-order valence-electron chi connectivity index (χ1n) is 25.4. The van der Waals surface area contributed by atoms with Crippen molar-refractivity contribution in [2.24, 2.45) is 0 Å². The number of anilines is 3. The van der Waals surface area contributed by atoms with E-state index in [1.54, 1.807) is 0 Å². The molecule has 1 heterocycles. The highest BCUT2D eigenvalue weighted by Crippen LogP contribution is 2.55. The molecule has 3 aliphatic carbocycles. The first-order chi connectivity index (χ1) is 34.5. The highest BCUT2D eigenvalue weighted by atomic mass is 28.3. The predicted molar refractivity (Wildman–Crippen MR) is 302 cm³/mol. The van der Waals surface area contributed by atoms with Crippen LogP contribution in [0, 0.1) is 0 Å². The molecular formula is C69H55NSi. The van der Waals surface area contributed by atoms with Crippen LogP contribution in [0.1, 0.15) is 74.9 Å². The van der Waals surface area contributed by atoms with E-state index in [9.17, 15) is 0 Å². The highest BCUT2D eigenvalue weighted by molar-refractivity contribution is 7.22. The van der Waals surface area contributed by atoms with Gasteiger partial charge in [0.05, 0.1) is 0 Å². The molecule has 0 atom stereocenters. The molecule has 0 radical (unpaired) electrons. The molecule has 14 rings (SSSR count). The average Bonchev–Trinajstić information content (AvgIpc) is 4.01. The lowest BCUT2D eigenvalue weighted by Crippen LogP contribution is -2.72. The van der Waals surface area contributed by atoms with Crippen LogP contribution in [-0.2, 0) is 16.2 Å². The molecule has 10 aromatic carbocycles. The molecular weight excluding hydrogens is 871 g/mol. The summed E-state index contributed by atoms with van der Waals surface area (Å²) in [5.74, 6) is 0. The molecule has 0 fully saturated rings. The van der Waals surface area contributed by atoms with Crippen LogP contribution in [0.5, 0.6) is 0 Å². The minimum Gasteiger partial charge on any atom is -0.310 e. The van der Waals surface area contributed by atoms with Crippen molar-refractivity contribution in [3.05, 3.63) is 258 Å². The standard InChI is InChI=1S/C69H55NSi/c1-67(2)58-28-16-13-24-51(58)54-37-33-45(41-61(54)67)70(46-34-38-55-52-25-14-17-29-59(52)68(3,4)62(55)42-46)47-35-39-56-53-36-32-44(40-60(53)69(5,6)63(56)43-47)50-27-19-31-65-66(50)57-26-15-18-30-64(57)71(65,48-20-9-7-10-21-48)49-22-11-8-12-23-49/h7-43H,1-6H3. The Morgan fingerprint density at radius 3 is 1.15 bits per heavy atom. The zero-order valence-corrected chi connectivity index (χ0v) is 42.3. The van der Waals surface area contributed by atoms with Crippen LogP contribution < -0.4 is 25.6 Å². The Kier molecular flexibility index (Phi) is 8.82. The van der Waals surface area contributed by atoms with E-state index in [1.807, 2.05) is 0 Å². The zero-order chi connectivity index (χ0) is 48.0. The van der Waals surface area contributed by atoms with Gasteiger partial charge in [-0.25, -0.2) is 0 Å². The van der Waals surface area contributed by atoms with Gasteiger partial charge in [-0.3, -0.25) is 0 Å². The van der Waals surface area contributed by atoms with Gasteiger partial charge in [0.25, 0.3) is 0 Å². The fraction of sp³-hybridized carbons (Fsp3) is 0.130. The van der Waals surface area contributed by atoms with Crippen LogP contribution in [0.15, 0.2) is 224 Å². The number of benzene rings is 10. The molecule has 0 spiro atoms. The van der Waals surface area contributed by atoms with Crippen molar-refractivity contribution in [3.8, 4) is 55.6 Å². The number of hydrogen-bond donors (Lipinski definition) is 0. The molecule has 0 amide bonds. The minimum absolute atomic E-state index is 0.123. The minimum atomic E-state index is -2.63. The summed E-state index contributed by atoms with van der Waals surface area (Å²) in [7, 11) is -2.63. The second-order valence-corrected chi connectivity index (χ2v) is 25.7. The van der Waals surface area contributed by atoms with Gasteiger partial charge in [0.15, 0.2) is 8.07 Å². The molecule has 0 saturated carbocycles. The second-order valence-electron chi connectivity index (χ2n) is 22.0. The topological polar surface area (TPSA) is 3.24 Å². The molecule has 1 nitrogen and oxygen atoms in total. The van der Waals surface area contributed by atoms with E-state index in [-0.39, 0.29) is 16.2 Å². The number of rotatable bonds is 6. The molecule has 0 bridgehead atoms. The van der Waals surface area contributed by atoms with Gasteiger partial charge in [-0.1, -0.05) is 224 Å². The first kappa shape index (κ1) is 42.1. The Balaban J connectivity index is 0.914. The van der Waals surface area contributed by atoms with Crippen molar-refractivity contribution >= 4 is 45.9 Å². The maximum Gasteiger partial charge on any atom is 0.180 e. The summed E-state index contributed by atoms with van der Waals surface area (Å²) in [6.45, 7) is 14.4. The van der Waals surface area contributed by atoms with E-state index in [0.717, 1.165) is 0 Å². The van der Waals surface area contributed by atoms with E-state index < -0.39 is 8.07 Å². The molecule has 0 aromatic heterocycles. The quantitative estimate of drug-likeness (QED) is 0.150. The Morgan fingerprint density at radius 2 is 0.648 bits per heavy atom. The molecule has 2 heteroatoms. The second kappa shape index (κ2) is 14.9. The Labute approximate surface area is 419 Å². The molecule has 340 valence electrons. The first-order valence-corrected chi connectivity index (χ1v) is 27.4. The van der Waals surface area contributed by atoms with E-state index in [0.29, 0.717) is 0 Å². The van der Waals surface area contributed by atoms with Crippen molar-refractivity contribution in [3.63, 3.8) is 0 Å². The molecule has 0 N–H and O–H groups in total. The van der Waals surface area contributed by atoms with Gasteiger partial charge in [-0.05, 0) is 152 Å². The van der Waals surface area contributed by atoms with Crippen LogP contribution in [0.3, 0.4) is 0 Å². The van der Waals surface area contributed by atoms with Gasteiger partial charge in [0.2, 0.25) is 0 Å². The molecule has 0 unspecified atom stereocenters. The summed E-state index contributed by atoms with van der Waals surface area (Å²) < 4.78 is 0. The third-order valence-corrected chi connectivity index (χ3v) is 22.2. The van der Waals surface area contributed by atoms with Gasteiger partial charge in [-0.15, -0.1) is 0 Å². The summed E-state index contributed by atoms with van der Waals surface area (Å²) >= 11 is 0. The van der Waals surface area contributed by atoms with Crippen molar-refractivity contribution in [2.45, 2.75) is 57.8 Å². The van der Waals surface area contributed by atoms with E-state index in [1.165, 1.54) is 127 Å². The predicted octanol–water partition coefficient (Wildman–Crippen LogP) is 15.1. The van der Waals surface area contributed by atoms with Crippen LogP contribution in [0.2, 0.25) is 0 Å². The van der Waals surface area contributed by atoms with Crippen LogP contribution in [0.4, 0.5) is 17.1 Å². The number of fused-ring (bicyclic) bond motifs is 12. The normalized spacial score (nSPS) is 15.9. The number of nitrogens with zero attached hydrogens (tertiary/aromatic N) is 1. The lowest BCUT2D eigenvalue weighted by molar-refractivity contribution is 0.659. The van der Waals surface area contributed by atoms with Gasteiger partial charge in [0.1, 0.15) is 0 Å². The monoisotopic (exact) mass is 925 g/mol. The highest BCUT2D eigenvalue weighted by Gasteiger charge is 2.49. The summed E-state index contributed by atoms with van der Waals surface area (Å²) in [4.78, 5) is 2.53. The Bertz CT molecular complexity index is 3710. The van der Waals surface area contributed by atoms with Crippen LogP contribution >= 0.6 is 0 Å². The number of hydrogen-bond acceptors (Lipinski definition) is 1. The summed E-state index contributed by atoms with van der Waals surface area (Å²) in [5, 5.41) is 5.79. The fourth-order valence-electron chi connectivity index (χ4n) is 13.9. The van der Waals surface area contributed by atoms with Gasteiger partial charge >= 0.3 is 0 Å². The third kappa shape index (κ3) is 5.68. The maximum absolute atomic E-state index is 2.63. The van der Waals surface area contributed by atoms with Crippen molar-refractivity contribution in [1.82, 2.24) is 0 Å². The van der Waals surface area contributed by atoms with Crippen LogP contribution in [-0.4, -0.2) is 8.07 Å².